The SMILES string of the molecule is CCCCCCCCCCCCCCC(=O)OC[C@H](CO[C@H]1O[C@H](CS(=O)(=O)O)[C@@H](O)[C@H](O)[C@H]1O)OC(=O)CCCCCCCCCCCCC. The average molecular weight is 753 g/mol. The zero-order valence-corrected chi connectivity index (χ0v) is 32.5. The van der Waals surface area contributed by atoms with Crippen LogP contribution in [0, 0.1) is 0 Å². The highest BCUT2D eigenvalue weighted by Gasteiger charge is 2.46. The topological polar surface area (TPSA) is 186 Å². The smallest absolute Gasteiger partial charge is 0.306 e. The van der Waals surface area contributed by atoms with Crippen LogP contribution in [0.25, 0.3) is 0 Å². The van der Waals surface area contributed by atoms with E-state index in [4.69, 9.17) is 18.9 Å². The van der Waals surface area contributed by atoms with E-state index in [1.165, 1.54) is 96.3 Å². The molecular weight excluding hydrogens is 680 g/mol. The molecule has 0 aromatic heterocycles. The predicted octanol–water partition coefficient (Wildman–Crippen LogP) is 6.95. The molecular formula is C38H72O12S. The van der Waals surface area contributed by atoms with Crippen molar-refractivity contribution in [2.24, 2.45) is 0 Å². The summed E-state index contributed by atoms with van der Waals surface area (Å²) in [5.41, 5.74) is 0. The van der Waals surface area contributed by atoms with Crippen LogP contribution in [0.15, 0.2) is 0 Å². The predicted molar refractivity (Wildman–Crippen MR) is 197 cm³/mol. The van der Waals surface area contributed by atoms with Crippen LogP contribution in [-0.2, 0) is 38.7 Å². The van der Waals surface area contributed by atoms with Gasteiger partial charge >= 0.3 is 11.9 Å². The monoisotopic (exact) mass is 752 g/mol. The van der Waals surface area contributed by atoms with Gasteiger partial charge in [-0.25, -0.2) is 0 Å². The Bertz CT molecular complexity index is 978. The van der Waals surface area contributed by atoms with E-state index in [2.05, 4.69) is 13.8 Å². The Kier molecular flexibility index (Phi) is 28.1. The van der Waals surface area contributed by atoms with Crippen LogP contribution in [0.1, 0.15) is 174 Å². The van der Waals surface area contributed by atoms with Crippen molar-refractivity contribution in [3.63, 3.8) is 0 Å². The van der Waals surface area contributed by atoms with Gasteiger partial charge in [0.05, 0.1) is 6.61 Å². The number of aliphatic hydroxyl groups is 3. The number of ether oxygens (including phenoxy) is 4. The second-order valence-electron chi connectivity index (χ2n) is 14.3. The number of rotatable bonds is 33. The van der Waals surface area contributed by atoms with Crippen molar-refractivity contribution >= 4 is 22.1 Å². The van der Waals surface area contributed by atoms with Crippen LogP contribution in [0.4, 0.5) is 0 Å². The van der Waals surface area contributed by atoms with E-state index in [9.17, 15) is 37.9 Å². The Labute approximate surface area is 308 Å². The van der Waals surface area contributed by atoms with Crippen molar-refractivity contribution in [3.05, 3.63) is 0 Å². The molecule has 0 unspecified atom stereocenters. The van der Waals surface area contributed by atoms with E-state index >= 15 is 0 Å². The fraction of sp³-hybridized carbons (Fsp3) is 0.947. The second kappa shape index (κ2) is 30.0. The molecule has 1 aliphatic heterocycles. The fourth-order valence-corrected chi connectivity index (χ4v) is 6.96. The van der Waals surface area contributed by atoms with Gasteiger partial charge in [-0.2, -0.15) is 8.42 Å². The number of carbonyl (C=O) groups excluding carboxylic acids is 2. The van der Waals surface area contributed by atoms with Gasteiger partial charge in [0.1, 0.15) is 36.8 Å². The number of unbranched alkanes of at least 4 members (excludes halogenated alkanes) is 21. The van der Waals surface area contributed by atoms with Crippen LogP contribution in [0.5, 0.6) is 0 Å². The Morgan fingerprint density at radius 1 is 0.588 bits per heavy atom. The van der Waals surface area contributed by atoms with Gasteiger partial charge in [0.25, 0.3) is 10.1 Å². The summed E-state index contributed by atoms with van der Waals surface area (Å²) in [4.78, 5) is 25.2. The number of carbonyl (C=O) groups is 2. The van der Waals surface area contributed by atoms with Gasteiger partial charge in [0.2, 0.25) is 0 Å². The molecule has 0 radical (unpaired) electrons. The lowest BCUT2D eigenvalue weighted by Crippen LogP contribution is -2.60. The molecule has 51 heavy (non-hydrogen) atoms. The summed E-state index contributed by atoms with van der Waals surface area (Å²) in [6.07, 6.45) is 17.3. The van der Waals surface area contributed by atoms with Gasteiger partial charge in [-0.3, -0.25) is 14.1 Å². The molecule has 0 aromatic carbocycles. The van der Waals surface area contributed by atoms with Gasteiger partial charge in [-0.15, -0.1) is 0 Å². The minimum Gasteiger partial charge on any atom is -0.462 e. The molecule has 13 heteroatoms. The van der Waals surface area contributed by atoms with Crippen molar-refractivity contribution < 1.29 is 56.8 Å². The molecule has 6 atom stereocenters. The van der Waals surface area contributed by atoms with Crippen LogP contribution in [0.3, 0.4) is 0 Å². The maximum Gasteiger partial charge on any atom is 0.306 e. The zero-order chi connectivity index (χ0) is 37.7. The first-order valence-corrected chi connectivity index (χ1v) is 21.7. The summed E-state index contributed by atoms with van der Waals surface area (Å²) in [7, 11) is -4.59. The molecule has 1 rings (SSSR count). The Morgan fingerprint density at radius 3 is 1.43 bits per heavy atom. The van der Waals surface area contributed by atoms with E-state index in [-0.39, 0.29) is 19.4 Å². The van der Waals surface area contributed by atoms with E-state index < -0.39 is 71.2 Å². The molecule has 0 aliphatic carbocycles. The van der Waals surface area contributed by atoms with E-state index in [0.717, 1.165) is 38.5 Å². The lowest BCUT2D eigenvalue weighted by Gasteiger charge is -2.40. The Morgan fingerprint density at radius 2 is 1.00 bits per heavy atom. The van der Waals surface area contributed by atoms with Crippen LogP contribution in [-0.4, -0.2) is 96.0 Å². The molecule has 12 nitrogen and oxygen atoms in total. The number of aliphatic hydroxyl groups excluding tert-OH is 3. The van der Waals surface area contributed by atoms with E-state index in [0.29, 0.717) is 12.8 Å². The third-order valence-electron chi connectivity index (χ3n) is 9.44. The number of hydrogen-bond acceptors (Lipinski definition) is 11. The number of hydrogen-bond donors (Lipinski definition) is 4. The third-order valence-corrected chi connectivity index (χ3v) is 10.2. The lowest BCUT2D eigenvalue weighted by molar-refractivity contribution is -0.297. The highest BCUT2D eigenvalue weighted by atomic mass is 32.2. The first-order valence-electron chi connectivity index (χ1n) is 20.1. The number of esters is 2. The maximum absolute atomic E-state index is 12.7. The van der Waals surface area contributed by atoms with Crippen molar-refractivity contribution in [1.82, 2.24) is 0 Å². The fourth-order valence-electron chi connectivity index (χ4n) is 6.26. The van der Waals surface area contributed by atoms with E-state index in [1.54, 1.807) is 0 Å². The normalized spacial score (nSPS) is 21.4. The van der Waals surface area contributed by atoms with Gasteiger partial charge in [-0.05, 0) is 12.8 Å². The molecule has 1 fully saturated rings. The molecule has 4 N–H and O–H groups in total. The molecule has 1 saturated heterocycles. The Hall–Kier alpha value is -1.35. The molecule has 302 valence electrons. The van der Waals surface area contributed by atoms with Crippen molar-refractivity contribution in [3.8, 4) is 0 Å². The van der Waals surface area contributed by atoms with Crippen LogP contribution < -0.4 is 0 Å². The van der Waals surface area contributed by atoms with Gasteiger partial charge in [0, 0.05) is 12.8 Å². The molecule has 0 aromatic rings. The molecule has 1 heterocycles. The summed E-state index contributed by atoms with van der Waals surface area (Å²) in [6.45, 7) is 3.73. The average Bonchev–Trinajstić information content (AvgIpc) is 3.09. The largest absolute Gasteiger partial charge is 0.462 e. The molecule has 0 amide bonds. The first-order chi connectivity index (χ1) is 24.5. The van der Waals surface area contributed by atoms with Gasteiger partial charge < -0.3 is 34.3 Å². The minimum atomic E-state index is -4.59. The first kappa shape index (κ1) is 47.7. The van der Waals surface area contributed by atoms with E-state index in [1.807, 2.05) is 0 Å². The van der Waals surface area contributed by atoms with Crippen molar-refractivity contribution in [1.29, 1.82) is 0 Å². The maximum atomic E-state index is 12.7. The van der Waals surface area contributed by atoms with Crippen molar-refractivity contribution in [2.75, 3.05) is 19.0 Å². The summed E-state index contributed by atoms with van der Waals surface area (Å²) in [5, 5.41) is 30.7. The summed E-state index contributed by atoms with van der Waals surface area (Å²) in [6, 6.07) is 0. The lowest BCUT2D eigenvalue weighted by atomic mass is 10.00. The highest BCUT2D eigenvalue weighted by molar-refractivity contribution is 7.85. The highest BCUT2D eigenvalue weighted by Crippen LogP contribution is 2.24. The van der Waals surface area contributed by atoms with Crippen LogP contribution in [0.2, 0.25) is 0 Å². The Balaban J connectivity index is 2.50. The zero-order valence-electron chi connectivity index (χ0n) is 31.7. The quantitative estimate of drug-likeness (QED) is 0.0308. The third kappa shape index (κ3) is 25.3. The van der Waals surface area contributed by atoms with Gasteiger partial charge in [0.15, 0.2) is 12.4 Å². The van der Waals surface area contributed by atoms with Gasteiger partial charge in [-0.1, -0.05) is 149 Å². The molecule has 0 bridgehead atoms. The minimum absolute atomic E-state index is 0.171. The molecule has 0 saturated carbocycles. The molecule has 0 spiro atoms. The molecule has 1 aliphatic rings. The summed E-state index contributed by atoms with van der Waals surface area (Å²) >= 11 is 0. The summed E-state index contributed by atoms with van der Waals surface area (Å²) in [5.74, 6) is -1.97. The van der Waals surface area contributed by atoms with Crippen LogP contribution >= 0.6 is 0 Å². The van der Waals surface area contributed by atoms with Crippen molar-refractivity contribution in [2.45, 2.75) is 211 Å². The summed E-state index contributed by atoms with van der Waals surface area (Å²) < 4.78 is 53.8. The second-order valence-corrected chi connectivity index (χ2v) is 15.8. The standard InChI is InChI=1S/C38H72O12S/c1-3-5-7-9-11-13-15-17-18-20-22-24-26-33(39)47-28-31(49-34(40)27-25-23-21-19-16-14-12-10-8-6-4-2)29-48-38-37(43)36(42)35(41)32(50-38)30-51(44,45)46/h31-32,35-38,41-43H,3-30H2,1-2H3,(H,44,45,46)/t31-,32-,35-,36+,37-,38+/m1/s1.